The Kier molecular flexibility index (Phi) is 4.06. The Morgan fingerprint density at radius 2 is 2.00 bits per heavy atom. The second-order valence-corrected chi connectivity index (χ2v) is 8.55. The molecule has 0 spiro atoms. The summed E-state index contributed by atoms with van der Waals surface area (Å²) in [4.78, 5) is 0. The third-order valence-electron chi connectivity index (χ3n) is 7.45. The van der Waals surface area contributed by atoms with E-state index in [1.807, 2.05) is 6.92 Å². The Labute approximate surface area is 135 Å². The van der Waals surface area contributed by atoms with E-state index in [0.29, 0.717) is 18.3 Å². The lowest BCUT2D eigenvalue weighted by molar-refractivity contribution is -0.142. The van der Waals surface area contributed by atoms with E-state index in [9.17, 15) is 10.2 Å². The van der Waals surface area contributed by atoms with Crippen LogP contribution in [0, 0.1) is 35.0 Å². The zero-order valence-corrected chi connectivity index (χ0v) is 14.4. The summed E-state index contributed by atoms with van der Waals surface area (Å²) in [6, 6.07) is 0. The van der Waals surface area contributed by atoms with Gasteiger partial charge in [-0.25, -0.2) is 0 Å². The quantitative estimate of drug-likeness (QED) is 0.755. The summed E-state index contributed by atoms with van der Waals surface area (Å²) in [5.41, 5.74) is 2.19. The highest BCUT2D eigenvalue weighted by atomic mass is 16.3. The molecule has 0 aromatic heterocycles. The maximum atomic E-state index is 10.7. The molecule has 0 amide bonds. The van der Waals surface area contributed by atoms with Crippen molar-refractivity contribution in [2.24, 2.45) is 35.0 Å². The normalized spacial score (nSPS) is 47.5. The van der Waals surface area contributed by atoms with Crippen LogP contribution in [0.3, 0.4) is 0 Å². The monoisotopic (exact) mass is 304 g/mol. The van der Waals surface area contributed by atoms with Crippen molar-refractivity contribution >= 4 is 0 Å². The van der Waals surface area contributed by atoms with Gasteiger partial charge in [-0.05, 0) is 62.2 Å². The smallest absolute Gasteiger partial charge is 0.0747 e. The molecule has 2 N–H and O–H groups in total. The van der Waals surface area contributed by atoms with Gasteiger partial charge in [-0.2, -0.15) is 0 Å². The van der Waals surface area contributed by atoms with Gasteiger partial charge in [0, 0.05) is 5.41 Å². The molecule has 3 fully saturated rings. The minimum atomic E-state index is -0.422. The van der Waals surface area contributed by atoms with E-state index >= 15 is 0 Å². The molecule has 22 heavy (non-hydrogen) atoms. The van der Waals surface area contributed by atoms with Crippen LogP contribution < -0.4 is 0 Å². The second kappa shape index (κ2) is 5.49. The molecule has 3 aliphatic rings. The van der Waals surface area contributed by atoms with E-state index in [2.05, 4.69) is 27.0 Å². The molecule has 0 aromatic rings. The molecule has 0 unspecified atom stereocenters. The van der Waals surface area contributed by atoms with Crippen LogP contribution in [-0.4, -0.2) is 22.4 Å². The van der Waals surface area contributed by atoms with Crippen molar-refractivity contribution in [3.63, 3.8) is 0 Å². The zero-order valence-electron chi connectivity index (χ0n) is 14.4. The molecule has 0 aliphatic heterocycles. The summed E-state index contributed by atoms with van der Waals surface area (Å²) in [6.07, 6.45) is 4.47. The number of aliphatic hydroxyl groups is 2. The molecule has 0 radical (unpaired) electrons. The van der Waals surface area contributed by atoms with Gasteiger partial charge in [-0.3, -0.25) is 0 Å². The van der Waals surface area contributed by atoms with Crippen LogP contribution in [0.1, 0.15) is 52.9 Å². The van der Waals surface area contributed by atoms with E-state index in [-0.39, 0.29) is 11.5 Å². The number of rotatable bonds is 5. The molecular weight excluding hydrogens is 272 g/mol. The average Bonchev–Trinajstić information content (AvgIpc) is 2.89. The first-order chi connectivity index (χ1) is 10.3. The second-order valence-electron chi connectivity index (χ2n) is 8.55. The fourth-order valence-electron chi connectivity index (χ4n) is 6.08. The first kappa shape index (κ1) is 16.3. The lowest BCUT2D eigenvalue weighted by Crippen LogP contribution is -2.57. The van der Waals surface area contributed by atoms with Crippen molar-refractivity contribution in [2.75, 3.05) is 0 Å². The lowest BCUT2D eigenvalue weighted by atomic mass is 9.46. The zero-order chi connectivity index (χ0) is 16.2. The number of hydrogen-bond donors (Lipinski definition) is 2. The summed E-state index contributed by atoms with van der Waals surface area (Å²) in [6.45, 7) is 14.7. The van der Waals surface area contributed by atoms with Crippen LogP contribution in [0.15, 0.2) is 24.3 Å². The number of allylic oxidation sites excluding steroid dienone is 1. The SMILES string of the molecule is C=C(C)[C@H](O)CCC(=C)[C@@H]1C[C@@H](O)[C@@]2(C)[C@@H]1[C@@H]1[C@H](C)CC[C@@H]12. The molecule has 8 atom stereocenters. The topological polar surface area (TPSA) is 40.5 Å². The highest BCUT2D eigenvalue weighted by Crippen LogP contribution is 2.73. The summed E-state index contributed by atoms with van der Waals surface area (Å²) in [5, 5.41) is 20.6. The Morgan fingerprint density at radius 3 is 2.64 bits per heavy atom. The van der Waals surface area contributed by atoms with E-state index in [4.69, 9.17) is 0 Å². The fraction of sp³-hybridized carbons (Fsp3) is 0.800. The highest BCUT2D eigenvalue weighted by molar-refractivity contribution is 5.24. The maximum Gasteiger partial charge on any atom is 0.0747 e. The molecule has 2 heteroatoms. The van der Waals surface area contributed by atoms with Crippen LogP contribution in [0.2, 0.25) is 0 Å². The molecule has 0 heterocycles. The summed E-state index contributed by atoms with van der Waals surface area (Å²) in [5.74, 6) is 3.36. The van der Waals surface area contributed by atoms with Crippen molar-refractivity contribution in [1.29, 1.82) is 0 Å². The Balaban J connectivity index is 1.70. The van der Waals surface area contributed by atoms with Gasteiger partial charge in [0.05, 0.1) is 12.2 Å². The summed E-state index contributed by atoms with van der Waals surface area (Å²) >= 11 is 0. The van der Waals surface area contributed by atoms with E-state index in [0.717, 1.165) is 36.2 Å². The Hall–Kier alpha value is -0.600. The average molecular weight is 304 g/mol. The molecule has 0 aromatic carbocycles. The van der Waals surface area contributed by atoms with Gasteiger partial charge in [0.2, 0.25) is 0 Å². The van der Waals surface area contributed by atoms with Gasteiger partial charge in [-0.1, -0.05) is 44.6 Å². The van der Waals surface area contributed by atoms with Gasteiger partial charge in [-0.15, -0.1) is 0 Å². The van der Waals surface area contributed by atoms with Gasteiger partial charge >= 0.3 is 0 Å². The van der Waals surface area contributed by atoms with Crippen LogP contribution in [0.5, 0.6) is 0 Å². The first-order valence-corrected chi connectivity index (χ1v) is 8.97. The minimum absolute atomic E-state index is 0.121. The molecule has 3 rings (SSSR count). The van der Waals surface area contributed by atoms with Crippen molar-refractivity contribution < 1.29 is 10.2 Å². The van der Waals surface area contributed by atoms with Crippen LogP contribution in [-0.2, 0) is 0 Å². The largest absolute Gasteiger partial charge is 0.393 e. The van der Waals surface area contributed by atoms with Crippen LogP contribution >= 0.6 is 0 Å². The highest BCUT2D eigenvalue weighted by Gasteiger charge is 2.70. The molecular formula is C20H32O2. The Morgan fingerprint density at radius 1 is 1.32 bits per heavy atom. The number of hydrogen-bond acceptors (Lipinski definition) is 2. The molecule has 0 bridgehead atoms. The third kappa shape index (κ3) is 2.14. The predicted octanol–water partition coefficient (Wildman–Crippen LogP) is 3.94. The van der Waals surface area contributed by atoms with Gasteiger partial charge in [0.1, 0.15) is 0 Å². The van der Waals surface area contributed by atoms with Crippen molar-refractivity contribution in [1.82, 2.24) is 0 Å². The molecule has 0 saturated heterocycles. The minimum Gasteiger partial charge on any atom is -0.393 e. The maximum absolute atomic E-state index is 10.7. The predicted molar refractivity (Wildman–Crippen MR) is 90.3 cm³/mol. The van der Waals surface area contributed by atoms with E-state index in [1.165, 1.54) is 18.4 Å². The van der Waals surface area contributed by atoms with E-state index < -0.39 is 6.10 Å². The van der Waals surface area contributed by atoms with Crippen molar-refractivity contribution in [3.8, 4) is 0 Å². The molecule has 3 aliphatic carbocycles. The summed E-state index contributed by atoms with van der Waals surface area (Å²) < 4.78 is 0. The lowest BCUT2D eigenvalue weighted by Gasteiger charge is -2.58. The first-order valence-electron chi connectivity index (χ1n) is 8.97. The van der Waals surface area contributed by atoms with Crippen molar-refractivity contribution in [2.45, 2.75) is 65.1 Å². The van der Waals surface area contributed by atoms with Gasteiger partial charge < -0.3 is 10.2 Å². The fourth-order valence-corrected chi connectivity index (χ4v) is 6.08. The van der Waals surface area contributed by atoms with Crippen LogP contribution in [0.4, 0.5) is 0 Å². The van der Waals surface area contributed by atoms with Gasteiger partial charge in [0.25, 0.3) is 0 Å². The van der Waals surface area contributed by atoms with E-state index in [1.54, 1.807) is 0 Å². The van der Waals surface area contributed by atoms with Gasteiger partial charge in [0.15, 0.2) is 0 Å². The number of aliphatic hydroxyl groups excluding tert-OH is 2. The molecule has 124 valence electrons. The standard InChI is InChI=1S/C20H32O2/c1-11(2)16(21)9-7-12(3)14-10-17(22)20(5)15-8-6-13(4)18(15)19(14)20/h13-19,21-22H,1,3,6-10H2,2,4-5H3/t13-,14+,15+,16-,17-,18-,19+,20+/m1/s1. The summed E-state index contributed by atoms with van der Waals surface area (Å²) in [7, 11) is 0. The third-order valence-corrected chi connectivity index (χ3v) is 7.45. The Bertz CT molecular complexity index is 482. The number of fused-ring (bicyclic) bond motifs is 4. The molecule has 2 nitrogen and oxygen atoms in total. The molecule has 3 saturated carbocycles. The van der Waals surface area contributed by atoms with Crippen LogP contribution in [0.25, 0.3) is 0 Å². The van der Waals surface area contributed by atoms with Crippen molar-refractivity contribution in [3.05, 3.63) is 24.3 Å².